The maximum absolute atomic E-state index is 13.6. The Morgan fingerprint density at radius 1 is 1.03 bits per heavy atom. The summed E-state index contributed by atoms with van der Waals surface area (Å²) >= 11 is 1.56. The van der Waals surface area contributed by atoms with Gasteiger partial charge in [-0.2, -0.15) is 0 Å². The molecule has 0 aliphatic carbocycles. The standard InChI is InChI=1S/C28H26N4O2S/c1-2-21-9-14-25-26(19-21)35-28(30-25)32(17-6-16-31-18-15-29-20-31)27(33)22-10-12-24(13-11-22)34-23-7-4-3-5-8-23/h3-5,7-15,18-20H,2,6,16-17H2,1H3. The number of nitrogens with zero attached hydrogens (tertiary/aromatic N) is 4. The molecule has 0 saturated heterocycles. The number of aryl methyl sites for hydroxylation is 2. The third-order valence-electron chi connectivity index (χ3n) is 5.76. The smallest absolute Gasteiger partial charge is 0.260 e. The molecule has 7 heteroatoms. The summed E-state index contributed by atoms with van der Waals surface area (Å²) in [5.74, 6) is 1.37. The second-order valence-corrected chi connectivity index (χ2v) is 9.21. The van der Waals surface area contributed by atoms with Crippen LogP contribution in [0.5, 0.6) is 11.5 Å². The highest BCUT2D eigenvalue weighted by molar-refractivity contribution is 7.22. The maximum atomic E-state index is 13.6. The van der Waals surface area contributed by atoms with E-state index in [1.165, 1.54) is 5.56 Å². The lowest BCUT2D eigenvalue weighted by Gasteiger charge is -2.20. The van der Waals surface area contributed by atoms with Crippen LogP contribution < -0.4 is 9.64 Å². The number of amides is 1. The molecule has 0 spiro atoms. The maximum Gasteiger partial charge on any atom is 0.260 e. The lowest BCUT2D eigenvalue weighted by Crippen LogP contribution is -2.32. The average Bonchev–Trinajstić information content (AvgIpc) is 3.57. The van der Waals surface area contributed by atoms with Crippen LogP contribution in [0.25, 0.3) is 10.2 Å². The molecular weight excluding hydrogens is 456 g/mol. The van der Waals surface area contributed by atoms with Crippen molar-refractivity contribution < 1.29 is 9.53 Å². The molecule has 0 saturated carbocycles. The van der Waals surface area contributed by atoms with Gasteiger partial charge >= 0.3 is 0 Å². The van der Waals surface area contributed by atoms with Crippen molar-refractivity contribution >= 4 is 32.6 Å². The molecule has 0 atom stereocenters. The molecule has 2 heterocycles. The van der Waals surface area contributed by atoms with E-state index in [1.807, 2.05) is 71.4 Å². The van der Waals surface area contributed by atoms with Crippen molar-refractivity contribution in [3.05, 3.63) is 103 Å². The van der Waals surface area contributed by atoms with Crippen molar-refractivity contribution in [2.24, 2.45) is 0 Å². The van der Waals surface area contributed by atoms with E-state index in [2.05, 4.69) is 24.0 Å². The number of anilines is 1. The minimum atomic E-state index is -0.0725. The largest absolute Gasteiger partial charge is 0.457 e. The molecule has 1 amide bonds. The van der Waals surface area contributed by atoms with Crippen LogP contribution in [0.2, 0.25) is 0 Å². The molecule has 0 aliphatic rings. The van der Waals surface area contributed by atoms with Crippen molar-refractivity contribution in [1.29, 1.82) is 0 Å². The Morgan fingerprint density at radius 2 is 1.83 bits per heavy atom. The summed E-state index contributed by atoms with van der Waals surface area (Å²) in [5, 5.41) is 0.716. The summed E-state index contributed by atoms with van der Waals surface area (Å²) in [6, 6.07) is 23.2. The first-order chi connectivity index (χ1) is 17.2. The van der Waals surface area contributed by atoms with Crippen LogP contribution in [0, 0.1) is 0 Å². The number of hydrogen-bond acceptors (Lipinski definition) is 5. The summed E-state index contributed by atoms with van der Waals surface area (Å²) in [4.78, 5) is 24.3. The van der Waals surface area contributed by atoms with Crippen LogP contribution in [-0.2, 0) is 13.0 Å². The molecule has 5 aromatic rings. The molecule has 0 fully saturated rings. The van der Waals surface area contributed by atoms with Crippen molar-refractivity contribution in [3.8, 4) is 11.5 Å². The Hall–Kier alpha value is -3.97. The number of para-hydroxylation sites is 1. The van der Waals surface area contributed by atoms with Gasteiger partial charge < -0.3 is 9.30 Å². The average molecular weight is 483 g/mol. The molecule has 176 valence electrons. The number of fused-ring (bicyclic) bond motifs is 1. The number of ether oxygens (including phenoxy) is 1. The summed E-state index contributed by atoms with van der Waals surface area (Å²) < 4.78 is 9.00. The molecule has 6 nitrogen and oxygen atoms in total. The molecular formula is C28H26N4O2S. The number of aromatic nitrogens is 3. The van der Waals surface area contributed by atoms with Crippen molar-refractivity contribution in [2.75, 3.05) is 11.4 Å². The molecule has 0 bridgehead atoms. The molecule has 0 radical (unpaired) electrons. The molecule has 3 aromatic carbocycles. The van der Waals surface area contributed by atoms with Gasteiger partial charge in [0.25, 0.3) is 5.91 Å². The van der Waals surface area contributed by atoms with Crippen LogP contribution in [0.3, 0.4) is 0 Å². The zero-order valence-electron chi connectivity index (χ0n) is 19.5. The van der Waals surface area contributed by atoms with Crippen molar-refractivity contribution in [3.63, 3.8) is 0 Å². The highest BCUT2D eigenvalue weighted by Crippen LogP contribution is 2.31. The molecule has 35 heavy (non-hydrogen) atoms. The number of carbonyl (C=O) groups excluding carboxylic acids is 1. The highest BCUT2D eigenvalue weighted by Gasteiger charge is 2.21. The summed E-state index contributed by atoms with van der Waals surface area (Å²) in [5.41, 5.74) is 2.78. The summed E-state index contributed by atoms with van der Waals surface area (Å²) in [7, 11) is 0. The van der Waals surface area contributed by atoms with Gasteiger partial charge in [0.2, 0.25) is 0 Å². The first-order valence-electron chi connectivity index (χ1n) is 11.7. The fourth-order valence-electron chi connectivity index (χ4n) is 3.85. The Bertz CT molecular complexity index is 1400. The third kappa shape index (κ3) is 5.41. The normalized spacial score (nSPS) is 11.0. The number of thiazole rings is 1. The first-order valence-corrected chi connectivity index (χ1v) is 12.5. The summed E-state index contributed by atoms with van der Waals surface area (Å²) in [6.45, 7) is 3.47. The van der Waals surface area contributed by atoms with Gasteiger partial charge in [0.1, 0.15) is 11.5 Å². The van der Waals surface area contributed by atoms with Gasteiger partial charge in [-0.15, -0.1) is 0 Å². The van der Waals surface area contributed by atoms with E-state index in [9.17, 15) is 4.79 Å². The van der Waals surface area contributed by atoms with E-state index in [4.69, 9.17) is 9.72 Å². The first kappa shape index (κ1) is 22.8. The van der Waals surface area contributed by atoms with Gasteiger partial charge in [-0.05, 0) is 66.9 Å². The lowest BCUT2D eigenvalue weighted by atomic mass is 10.2. The van der Waals surface area contributed by atoms with Crippen LogP contribution >= 0.6 is 11.3 Å². The highest BCUT2D eigenvalue weighted by atomic mass is 32.1. The Morgan fingerprint density at radius 3 is 2.57 bits per heavy atom. The van der Waals surface area contributed by atoms with Gasteiger partial charge in [-0.3, -0.25) is 9.69 Å². The van der Waals surface area contributed by atoms with Gasteiger partial charge in [0.15, 0.2) is 5.13 Å². The van der Waals surface area contributed by atoms with E-state index in [0.29, 0.717) is 23.0 Å². The van der Waals surface area contributed by atoms with Crippen molar-refractivity contribution in [2.45, 2.75) is 26.3 Å². The van der Waals surface area contributed by atoms with Crippen LogP contribution in [0.15, 0.2) is 91.5 Å². The van der Waals surface area contributed by atoms with E-state index in [1.54, 1.807) is 28.8 Å². The number of imidazole rings is 1. The molecule has 0 aliphatic heterocycles. The van der Waals surface area contributed by atoms with E-state index < -0.39 is 0 Å². The Labute approximate surface area is 208 Å². The number of benzene rings is 3. The van der Waals surface area contributed by atoms with Gasteiger partial charge in [0.05, 0.1) is 16.5 Å². The van der Waals surface area contributed by atoms with E-state index >= 15 is 0 Å². The van der Waals surface area contributed by atoms with Crippen LogP contribution in [0.4, 0.5) is 5.13 Å². The topological polar surface area (TPSA) is 60.2 Å². The van der Waals surface area contributed by atoms with Crippen LogP contribution in [0.1, 0.15) is 29.3 Å². The fraction of sp³-hybridized carbons (Fsp3) is 0.179. The second kappa shape index (κ2) is 10.5. The van der Waals surface area contributed by atoms with Gasteiger partial charge in [-0.1, -0.05) is 42.5 Å². The minimum Gasteiger partial charge on any atom is -0.457 e. The lowest BCUT2D eigenvalue weighted by molar-refractivity contribution is 0.0986. The van der Waals surface area contributed by atoms with E-state index in [0.717, 1.165) is 35.4 Å². The fourth-order valence-corrected chi connectivity index (χ4v) is 4.91. The number of hydrogen-bond donors (Lipinski definition) is 0. The summed E-state index contributed by atoms with van der Waals surface area (Å²) in [6.07, 6.45) is 7.24. The molecule has 0 N–H and O–H groups in total. The third-order valence-corrected chi connectivity index (χ3v) is 6.80. The zero-order chi connectivity index (χ0) is 24.0. The predicted octanol–water partition coefficient (Wildman–Crippen LogP) is 6.58. The van der Waals surface area contributed by atoms with Crippen molar-refractivity contribution in [1.82, 2.24) is 14.5 Å². The molecule has 2 aromatic heterocycles. The molecule has 5 rings (SSSR count). The van der Waals surface area contributed by atoms with Gasteiger partial charge in [-0.25, -0.2) is 9.97 Å². The quantitative estimate of drug-likeness (QED) is 0.238. The Kier molecular flexibility index (Phi) is 6.86. The monoisotopic (exact) mass is 482 g/mol. The zero-order valence-corrected chi connectivity index (χ0v) is 20.3. The Balaban J connectivity index is 1.38. The van der Waals surface area contributed by atoms with Gasteiger partial charge in [0, 0.05) is 31.0 Å². The number of carbonyl (C=O) groups is 1. The SMILES string of the molecule is CCc1ccc2nc(N(CCCn3ccnc3)C(=O)c3ccc(Oc4ccccc4)cc3)sc2c1. The number of rotatable bonds is 9. The predicted molar refractivity (Wildman–Crippen MR) is 140 cm³/mol. The van der Waals surface area contributed by atoms with E-state index in [-0.39, 0.29) is 5.91 Å². The second-order valence-electron chi connectivity index (χ2n) is 8.20. The molecule has 0 unspecified atom stereocenters. The van der Waals surface area contributed by atoms with Crippen LogP contribution in [-0.4, -0.2) is 27.0 Å². The minimum absolute atomic E-state index is 0.0725.